The Morgan fingerprint density at radius 2 is 2.60 bits per heavy atom. The van der Waals surface area contributed by atoms with Crippen molar-refractivity contribution in [1.29, 1.82) is 0 Å². The largest absolute Gasteiger partial charge is 0.322 e. The Labute approximate surface area is 44.1 Å². The summed E-state index contributed by atoms with van der Waals surface area (Å²) in [5.41, 5.74) is 0. The van der Waals surface area contributed by atoms with Crippen molar-refractivity contribution in [3.63, 3.8) is 0 Å². The average Bonchev–Trinajstić information content (AvgIpc) is 1.41. The van der Waals surface area contributed by atoms with E-state index in [-0.39, 0.29) is 0 Å². The van der Waals surface area contributed by atoms with E-state index >= 15 is 0 Å². The fourth-order valence-electron chi connectivity index (χ4n) is 0.0282. The van der Waals surface area contributed by atoms with Gasteiger partial charge in [0.2, 0.25) is 0 Å². The van der Waals surface area contributed by atoms with Gasteiger partial charge in [-0.15, -0.1) is 0 Å². The zero-order valence-corrected chi connectivity index (χ0v) is 4.64. The monoisotopic (exact) mass is 185 g/mol. The lowest BCUT2D eigenvalue weighted by molar-refractivity contribution is 1.25. The Kier molecular flexibility index (Phi) is 4.00. The van der Waals surface area contributed by atoms with Gasteiger partial charge in [-0.1, -0.05) is 0 Å². The molecule has 3 N–H and O–H groups in total. The minimum atomic E-state index is 1.39. The fraction of sp³-hybridized carbons (Fsp3) is 0. The van der Waals surface area contributed by atoms with Gasteiger partial charge in [-0.3, -0.25) is 0 Å². The maximum Gasteiger partial charge on any atom is 0.117 e. The molecule has 0 rings (SSSR count). The van der Waals surface area contributed by atoms with Crippen molar-refractivity contribution < 1.29 is 0 Å². The van der Waals surface area contributed by atoms with Gasteiger partial charge in [-0.05, 0) is 0 Å². The van der Waals surface area contributed by atoms with Crippen LogP contribution in [0.3, 0.4) is 0 Å². The first-order valence-electron chi connectivity index (χ1n) is 0.994. The molecular formula is CH4IN3. The van der Waals surface area contributed by atoms with E-state index in [1.54, 1.807) is 0 Å². The zero-order chi connectivity index (χ0) is 4.12. The molecule has 0 amide bonds. The summed E-state index contributed by atoms with van der Waals surface area (Å²) in [6.45, 7) is 0. The molecule has 0 atom stereocenters. The molecule has 0 aliphatic rings. The lowest BCUT2D eigenvalue weighted by Crippen LogP contribution is -1.93. The van der Waals surface area contributed by atoms with E-state index in [4.69, 9.17) is 0 Å². The van der Waals surface area contributed by atoms with Crippen molar-refractivity contribution in [1.82, 2.24) is 3.53 Å². The molecular weight excluding hydrogens is 181 g/mol. The van der Waals surface area contributed by atoms with Gasteiger partial charge in [-0.25, -0.2) is 0 Å². The number of rotatable bonds is 1. The topological polar surface area (TPSA) is 50.4 Å². The molecule has 30 valence electrons. The Balaban J connectivity index is 2.62. The SMILES string of the molecule is N/N=C\NI. The molecule has 0 aromatic heterocycles. The number of nitrogens with one attached hydrogen (secondary N) is 1. The summed E-state index contributed by atoms with van der Waals surface area (Å²) in [6.07, 6.45) is 1.39. The molecule has 0 saturated heterocycles. The van der Waals surface area contributed by atoms with Gasteiger partial charge in [0, 0.05) is 0 Å². The van der Waals surface area contributed by atoms with Crippen molar-refractivity contribution >= 4 is 29.2 Å². The highest BCUT2D eigenvalue weighted by Crippen LogP contribution is 1.55. The molecule has 0 heterocycles. The zero-order valence-electron chi connectivity index (χ0n) is 2.48. The van der Waals surface area contributed by atoms with Gasteiger partial charge in [-0.2, -0.15) is 5.10 Å². The fourth-order valence-corrected chi connectivity index (χ4v) is 0.189. The summed E-state index contributed by atoms with van der Waals surface area (Å²) >= 11 is 1.91. The molecule has 5 heavy (non-hydrogen) atoms. The Bertz CT molecular complexity index is 33.9. The van der Waals surface area contributed by atoms with Crippen LogP contribution in [0.1, 0.15) is 0 Å². The van der Waals surface area contributed by atoms with Gasteiger partial charge >= 0.3 is 0 Å². The summed E-state index contributed by atoms with van der Waals surface area (Å²) < 4.78 is 2.57. The average molecular weight is 185 g/mol. The van der Waals surface area contributed by atoms with E-state index in [2.05, 4.69) is 14.5 Å². The molecule has 0 fully saturated rings. The smallest absolute Gasteiger partial charge is 0.117 e. The highest BCUT2D eigenvalue weighted by atomic mass is 127. The van der Waals surface area contributed by atoms with Gasteiger partial charge in [0.25, 0.3) is 0 Å². The molecule has 4 heteroatoms. The quantitative estimate of drug-likeness (QED) is 0.149. The lowest BCUT2D eigenvalue weighted by Gasteiger charge is -1.71. The Morgan fingerprint density at radius 3 is 2.60 bits per heavy atom. The molecule has 0 aliphatic carbocycles. The van der Waals surface area contributed by atoms with Crippen molar-refractivity contribution in [2.45, 2.75) is 0 Å². The second-order valence-electron chi connectivity index (χ2n) is 0.387. The maximum absolute atomic E-state index is 4.64. The molecule has 0 aliphatic heterocycles. The number of nitrogens with two attached hydrogens (primary N) is 1. The standard InChI is InChI=1S/CH4IN3/c2-4-1-5-3/h1H,3H2,(H,4,5). The first-order valence-corrected chi connectivity index (χ1v) is 2.07. The third-order valence-corrected chi connectivity index (χ3v) is 0.402. The van der Waals surface area contributed by atoms with Crippen LogP contribution in [0.5, 0.6) is 0 Å². The van der Waals surface area contributed by atoms with Crippen molar-refractivity contribution in [3.8, 4) is 0 Å². The van der Waals surface area contributed by atoms with Crippen molar-refractivity contribution in [3.05, 3.63) is 0 Å². The summed E-state index contributed by atoms with van der Waals surface area (Å²) in [4.78, 5) is 0. The molecule has 0 unspecified atom stereocenters. The van der Waals surface area contributed by atoms with E-state index in [0.29, 0.717) is 0 Å². The van der Waals surface area contributed by atoms with Crippen molar-refractivity contribution in [2.24, 2.45) is 10.9 Å². The summed E-state index contributed by atoms with van der Waals surface area (Å²) in [5, 5.41) is 3.11. The molecule has 0 bridgehead atoms. The minimum Gasteiger partial charge on any atom is -0.322 e. The molecule has 0 aromatic rings. The predicted molar refractivity (Wildman–Crippen MR) is 29.8 cm³/mol. The number of nitrogens with zero attached hydrogens (tertiary/aromatic N) is 1. The third kappa shape index (κ3) is 4.00. The summed E-state index contributed by atoms with van der Waals surface area (Å²) in [7, 11) is 0. The maximum atomic E-state index is 4.64. The molecule has 0 aromatic carbocycles. The van der Waals surface area contributed by atoms with Crippen molar-refractivity contribution in [2.75, 3.05) is 0 Å². The van der Waals surface area contributed by atoms with Gasteiger partial charge < -0.3 is 9.37 Å². The van der Waals surface area contributed by atoms with Crippen LogP contribution in [-0.4, -0.2) is 6.34 Å². The summed E-state index contributed by atoms with van der Waals surface area (Å²) in [6, 6.07) is 0. The van der Waals surface area contributed by atoms with Crippen LogP contribution >= 0.6 is 22.9 Å². The Hall–Kier alpha value is 0. The highest BCUT2D eigenvalue weighted by Gasteiger charge is 1.48. The highest BCUT2D eigenvalue weighted by molar-refractivity contribution is 14.1. The third-order valence-electron chi connectivity index (χ3n) is 0.123. The lowest BCUT2D eigenvalue weighted by atomic mass is 11.4. The number of halogens is 1. The van der Waals surface area contributed by atoms with E-state index in [1.165, 1.54) is 6.34 Å². The normalized spacial score (nSPS) is 9.00. The van der Waals surface area contributed by atoms with Crippen LogP contribution in [-0.2, 0) is 0 Å². The second kappa shape index (κ2) is 4.00. The second-order valence-corrected chi connectivity index (χ2v) is 1.01. The Morgan fingerprint density at radius 1 is 2.00 bits per heavy atom. The van der Waals surface area contributed by atoms with E-state index in [1.807, 2.05) is 22.9 Å². The van der Waals surface area contributed by atoms with Crippen LogP contribution in [0.25, 0.3) is 0 Å². The van der Waals surface area contributed by atoms with Gasteiger partial charge in [0.05, 0.1) is 22.9 Å². The molecule has 0 spiro atoms. The van der Waals surface area contributed by atoms with E-state index in [9.17, 15) is 0 Å². The van der Waals surface area contributed by atoms with Crippen LogP contribution in [0.4, 0.5) is 0 Å². The number of hydrogen-bond donors (Lipinski definition) is 2. The molecule has 3 nitrogen and oxygen atoms in total. The molecule has 0 radical (unpaired) electrons. The number of hydrogen-bond acceptors (Lipinski definition) is 2. The number of hydrazone groups is 1. The van der Waals surface area contributed by atoms with E-state index < -0.39 is 0 Å². The van der Waals surface area contributed by atoms with Crippen LogP contribution in [0.15, 0.2) is 5.10 Å². The first-order chi connectivity index (χ1) is 2.41. The van der Waals surface area contributed by atoms with Crippen LogP contribution in [0.2, 0.25) is 0 Å². The van der Waals surface area contributed by atoms with Gasteiger partial charge in [0.15, 0.2) is 0 Å². The van der Waals surface area contributed by atoms with E-state index in [0.717, 1.165) is 0 Å². The molecule has 0 saturated carbocycles. The van der Waals surface area contributed by atoms with Crippen LogP contribution in [0, 0.1) is 0 Å². The van der Waals surface area contributed by atoms with Gasteiger partial charge in [0.1, 0.15) is 6.34 Å². The first kappa shape index (κ1) is 5.00. The van der Waals surface area contributed by atoms with Crippen LogP contribution < -0.4 is 9.37 Å². The predicted octanol–water partition coefficient (Wildman–Crippen LogP) is -0.172. The summed E-state index contributed by atoms with van der Waals surface area (Å²) in [5.74, 6) is 4.64. The minimum absolute atomic E-state index is 1.39.